The zero-order chi connectivity index (χ0) is 19.6. The second kappa shape index (κ2) is 6.44. The molecule has 0 radical (unpaired) electrons. The van der Waals surface area contributed by atoms with E-state index in [2.05, 4.69) is 19.9 Å². The van der Waals surface area contributed by atoms with Crippen molar-refractivity contribution in [2.75, 3.05) is 13.2 Å². The van der Waals surface area contributed by atoms with Gasteiger partial charge in [0.25, 0.3) is 0 Å². The molecule has 3 atom stereocenters. The highest BCUT2D eigenvalue weighted by Gasteiger charge is 2.62. The van der Waals surface area contributed by atoms with Crippen LogP contribution in [0.2, 0.25) is 0 Å². The molecule has 3 heterocycles. The molecule has 1 spiro atoms. The molecule has 5 rings (SSSR count). The van der Waals surface area contributed by atoms with Crippen molar-refractivity contribution < 1.29 is 28.3 Å². The van der Waals surface area contributed by atoms with E-state index in [1.54, 1.807) is 0 Å². The molecule has 7 heteroatoms. The van der Waals surface area contributed by atoms with Crippen LogP contribution in [-0.4, -0.2) is 44.1 Å². The van der Waals surface area contributed by atoms with Crippen LogP contribution in [0.5, 0.6) is 5.75 Å². The number of ether oxygens (including phenoxy) is 4. The second-order valence-electron chi connectivity index (χ2n) is 9.64. The van der Waals surface area contributed by atoms with E-state index >= 15 is 0 Å². The van der Waals surface area contributed by atoms with Gasteiger partial charge in [0.05, 0.1) is 12.7 Å². The summed E-state index contributed by atoms with van der Waals surface area (Å²) in [6.07, 6.45) is 2.35. The van der Waals surface area contributed by atoms with E-state index < -0.39 is 11.6 Å². The van der Waals surface area contributed by atoms with Crippen LogP contribution in [0.1, 0.15) is 52.5 Å². The molecular weight excluding hydrogens is 359 g/mol. The lowest BCUT2D eigenvalue weighted by Gasteiger charge is -2.50. The molecule has 3 aliphatic heterocycles. The molecular formula is C21H29BO6. The van der Waals surface area contributed by atoms with Crippen molar-refractivity contribution in [3.63, 3.8) is 0 Å². The Kier molecular flexibility index (Phi) is 4.34. The van der Waals surface area contributed by atoms with Gasteiger partial charge in [-0.2, -0.15) is 0 Å². The molecule has 1 saturated carbocycles. The zero-order valence-corrected chi connectivity index (χ0v) is 17.2. The smallest absolute Gasteiger partial charge is 0.459 e. The Balaban J connectivity index is 1.43. The number of fused-ring (bicyclic) bond motifs is 3. The minimum Gasteiger partial charge on any atom is -0.459 e. The monoisotopic (exact) mass is 388 g/mol. The predicted octanol–water partition coefficient (Wildman–Crippen LogP) is 2.76. The number of hydrogen-bond acceptors (Lipinski definition) is 6. The normalized spacial score (nSPS) is 35.9. The number of benzene rings is 1. The summed E-state index contributed by atoms with van der Waals surface area (Å²) in [5.41, 5.74) is 2.05. The second-order valence-corrected chi connectivity index (χ2v) is 9.64. The van der Waals surface area contributed by atoms with Crippen molar-refractivity contribution in [1.82, 2.24) is 0 Å². The van der Waals surface area contributed by atoms with Crippen molar-refractivity contribution in [3.8, 4) is 5.75 Å². The highest BCUT2D eigenvalue weighted by Crippen LogP contribution is 2.52. The molecule has 0 aromatic heterocycles. The Morgan fingerprint density at radius 2 is 1.82 bits per heavy atom. The van der Waals surface area contributed by atoms with Gasteiger partial charge in [-0.05, 0) is 43.6 Å². The van der Waals surface area contributed by atoms with Crippen LogP contribution in [0.3, 0.4) is 0 Å². The summed E-state index contributed by atoms with van der Waals surface area (Å²) in [6.45, 7) is 10.3. The summed E-state index contributed by atoms with van der Waals surface area (Å²) in [5.74, 6) is -0.613. The van der Waals surface area contributed by atoms with Crippen molar-refractivity contribution in [1.29, 1.82) is 0 Å². The van der Waals surface area contributed by atoms with E-state index in [0.29, 0.717) is 6.61 Å². The molecule has 2 saturated heterocycles. The molecule has 0 bridgehead atoms. The third kappa shape index (κ3) is 3.27. The molecule has 6 nitrogen and oxygen atoms in total. The molecule has 0 N–H and O–H groups in total. The summed E-state index contributed by atoms with van der Waals surface area (Å²) in [6, 6.07) is 6.10. The van der Waals surface area contributed by atoms with Crippen LogP contribution < -0.4 is 10.2 Å². The van der Waals surface area contributed by atoms with E-state index in [4.69, 9.17) is 28.3 Å². The van der Waals surface area contributed by atoms with Crippen molar-refractivity contribution in [2.24, 2.45) is 5.41 Å². The molecule has 1 aliphatic carbocycles. The Morgan fingerprint density at radius 3 is 2.61 bits per heavy atom. The van der Waals surface area contributed by atoms with Gasteiger partial charge in [-0.15, -0.1) is 0 Å². The van der Waals surface area contributed by atoms with Crippen molar-refractivity contribution >= 4 is 12.6 Å². The summed E-state index contributed by atoms with van der Waals surface area (Å²) in [5, 5.41) is 0. The zero-order valence-electron chi connectivity index (χ0n) is 17.2. The molecule has 1 aromatic rings. The lowest BCUT2D eigenvalue weighted by molar-refractivity contribution is -0.295. The first-order valence-corrected chi connectivity index (χ1v) is 10.3. The molecule has 152 valence electrons. The Morgan fingerprint density at radius 1 is 1.04 bits per heavy atom. The van der Waals surface area contributed by atoms with Gasteiger partial charge in [-0.3, -0.25) is 0 Å². The van der Waals surface area contributed by atoms with Gasteiger partial charge < -0.3 is 28.3 Å². The lowest BCUT2D eigenvalue weighted by Crippen LogP contribution is -2.61. The van der Waals surface area contributed by atoms with E-state index in [0.717, 1.165) is 49.3 Å². The van der Waals surface area contributed by atoms with Crippen LogP contribution in [0.15, 0.2) is 18.2 Å². The van der Waals surface area contributed by atoms with Gasteiger partial charge in [0.2, 0.25) is 5.79 Å². The Bertz CT molecular complexity index is 759. The van der Waals surface area contributed by atoms with E-state index in [1.807, 2.05) is 26.0 Å². The SMILES string of the molecule is CC1(C)C[C@H]2OC(C)(C)O[C@H]2[C@]2(C1)OCc1cc(B3OCCCO3)ccc1O2. The fourth-order valence-corrected chi connectivity index (χ4v) is 5.02. The Hall–Kier alpha value is -1.12. The highest BCUT2D eigenvalue weighted by molar-refractivity contribution is 6.61. The van der Waals surface area contributed by atoms with Crippen LogP contribution in [0, 0.1) is 5.41 Å². The molecule has 3 fully saturated rings. The lowest BCUT2D eigenvalue weighted by atomic mass is 9.71. The van der Waals surface area contributed by atoms with Crippen LogP contribution >= 0.6 is 0 Å². The topological polar surface area (TPSA) is 55.4 Å². The highest BCUT2D eigenvalue weighted by atomic mass is 16.8. The maximum atomic E-state index is 6.54. The van der Waals surface area contributed by atoms with Crippen LogP contribution in [-0.2, 0) is 30.1 Å². The number of hydrogen-bond donors (Lipinski definition) is 0. The molecule has 0 amide bonds. The minimum absolute atomic E-state index is 0.0339. The van der Waals surface area contributed by atoms with Gasteiger partial charge in [-0.25, -0.2) is 0 Å². The Labute approximate surface area is 166 Å². The van der Waals surface area contributed by atoms with Crippen LogP contribution in [0.4, 0.5) is 0 Å². The fraction of sp³-hybridized carbons (Fsp3) is 0.714. The van der Waals surface area contributed by atoms with Gasteiger partial charge in [-0.1, -0.05) is 26.0 Å². The quantitative estimate of drug-likeness (QED) is 0.690. The largest absolute Gasteiger partial charge is 0.493 e. The molecule has 1 aromatic carbocycles. The van der Waals surface area contributed by atoms with Gasteiger partial charge >= 0.3 is 7.12 Å². The van der Waals surface area contributed by atoms with Gasteiger partial charge in [0.15, 0.2) is 11.9 Å². The average Bonchev–Trinajstić information content (AvgIpc) is 2.95. The molecule has 4 aliphatic rings. The number of rotatable bonds is 1. The predicted molar refractivity (Wildman–Crippen MR) is 103 cm³/mol. The van der Waals surface area contributed by atoms with Crippen molar-refractivity contribution in [2.45, 2.75) is 77.3 Å². The first-order chi connectivity index (χ1) is 13.3. The minimum atomic E-state index is -0.827. The van der Waals surface area contributed by atoms with E-state index in [9.17, 15) is 0 Å². The fourth-order valence-electron chi connectivity index (χ4n) is 5.02. The summed E-state index contributed by atoms with van der Waals surface area (Å²) < 4.78 is 36.9. The maximum absolute atomic E-state index is 6.54. The van der Waals surface area contributed by atoms with E-state index in [-0.39, 0.29) is 24.7 Å². The van der Waals surface area contributed by atoms with Gasteiger partial charge in [0, 0.05) is 25.2 Å². The maximum Gasteiger partial charge on any atom is 0.493 e. The third-order valence-electron chi connectivity index (χ3n) is 6.03. The average molecular weight is 388 g/mol. The standard InChI is InChI=1S/C21H29BO6/c1-19(2)11-17-18(28-20(3,4)26-17)21(13-19)23-12-14-10-15(6-7-16(14)27-21)22-24-8-5-9-25-22/h6-7,10,17-18H,5,8-9,11-13H2,1-4H3/t17-,18-,21-/m1/s1. The van der Waals surface area contributed by atoms with Crippen molar-refractivity contribution in [3.05, 3.63) is 23.8 Å². The first kappa shape index (κ1) is 18.9. The molecule has 28 heavy (non-hydrogen) atoms. The summed E-state index contributed by atoms with van der Waals surface area (Å²) in [7, 11) is -0.305. The summed E-state index contributed by atoms with van der Waals surface area (Å²) >= 11 is 0. The first-order valence-electron chi connectivity index (χ1n) is 10.3. The van der Waals surface area contributed by atoms with E-state index in [1.165, 1.54) is 0 Å². The van der Waals surface area contributed by atoms with Gasteiger partial charge in [0.1, 0.15) is 5.75 Å². The molecule has 0 unspecified atom stereocenters. The summed E-state index contributed by atoms with van der Waals surface area (Å²) in [4.78, 5) is 0. The third-order valence-corrected chi connectivity index (χ3v) is 6.03. The van der Waals surface area contributed by atoms with Crippen LogP contribution in [0.25, 0.3) is 0 Å².